The molecule has 2 heterocycles. The molecule has 0 radical (unpaired) electrons. The van der Waals surface area contributed by atoms with E-state index in [0.717, 1.165) is 5.56 Å². The minimum absolute atomic E-state index is 0.152. The Balaban J connectivity index is 1.82. The molecule has 0 fully saturated rings. The van der Waals surface area contributed by atoms with Crippen molar-refractivity contribution in [3.8, 4) is 5.75 Å². The molecule has 192 valence electrons. The Hall–Kier alpha value is -4.30. The average Bonchev–Trinajstić information content (AvgIpc) is 3.24. The number of ether oxygens (including phenoxy) is 2. The number of aromatic nitrogens is 1. The first-order valence-electron chi connectivity index (χ1n) is 12.3. The molecule has 0 spiro atoms. The number of carbonyl (C=O) groups is 1. The second kappa shape index (κ2) is 11.0. The molecular weight excluding hydrogens is 503 g/mol. The first-order chi connectivity index (χ1) is 18.5. The maximum Gasteiger partial charge on any atom is 0.338 e. The fourth-order valence-electron chi connectivity index (χ4n) is 4.43. The molecule has 5 rings (SSSR count). The van der Waals surface area contributed by atoms with Gasteiger partial charge in [-0.25, -0.2) is 14.2 Å². The van der Waals surface area contributed by atoms with E-state index in [2.05, 4.69) is 0 Å². The summed E-state index contributed by atoms with van der Waals surface area (Å²) >= 11 is 1.22. The van der Waals surface area contributed by atoms with Crippen LogP contribution >= 0.6 is 11.3 Å². The van der Waals surface area contributed by atoms with E-state index in [1.54, 1.807) is 25.1 Å². The van der Waals surface area contributed by atoms with Crippen LogP contribution in [-0.4, -0.2) is 23.8 Å². The summed E-state index contributed by atoms with van der Waals surface area (Å²) in [5.74, 6) is -0.341. The van der Waals surface area contributed by atoms with Crippen LogP contribution in [0.3, 0.4) is 0 Å². The Kier molecular flexibility index (Phi) is 7.33. The Morgan fingerprint density at radius 1 is 1.00 bits per heavy atom. The Bertz CT molecular complexity index is 1690. The number of fused-ring (bicyclic) bond motifs is 1. The molecule has 1 aromatic heterocycles. The van der Waals surface area contributed by atoms with Gasteiger partial charge in [0, 0.05) is 11.1 Å². The van der Waals surface area contributed by atoms with Gasteiger partial charge in [-0.15, -0.1) is 0 Å². The van der Waals surface area contributed by atoms with E-state index in [9.17, 15) is 14.0 Å². The molecular formula is C30H25FN2O4S. The van der Waals surface area contributed by atoms with Gasteiger partial charge in [-0.2, -0.15) is 0 Å². The molecule has 3 aromatic carbocycles. The molecule has 0 bridgehead atoms. The lowest BCUT2D eigenvalue weighted by atomic mass is 9.93. The molecule has 8 heteroatoms. The van der Waals surface area contributed by atoms with Crippen LogP contribution in [0.15, 0.2) is 94.2 Å². The number of carbonyl (C=O) groups excluding carboxylic acids is 1. The highest BCUT2D eigenvalue weighted by molar-refractivity contribution is 7.07. The Morgan fingerprint density at radius 2 is 1.71 bits per heavy atom. The maximum atomic E-state index is 13.9. The number of nitrogens with zero attached hydrogens (tertiary/aromatic N) is 2. The highest BCUT2D eigenvalue weighted by Crippen LogP contribution is 2.35. The van der Waals surface area contributed by atoms with Crippen molar-refractivity contribution in [3.05, 3.63) is 127 Å². The second-order valence-electron chi connectivity index (χ2n) is 8.45. The van der Waals surface area contributed by atoms with E-state index >= 15 is 0 Å². The monoisotopic (exact) mass is 528 g/mol. The third kappa shape index (κ3) is 4.82. The van der Waals surface area contributed by atoms with Gasteiger partial charge in [0.25, 0.3) is 5.56 Å². The van der Waals surface area contributed by atoms with Crippen molar-refractivity contribution in [3.63, 3.8) is 0 Å². The SMILES string of the molecule is CCOC(=O)C1=C(c2ccccc2)N=c2s/c(=C\c3ccccc3OCC)c(=O)n2[C@H]1c1ccc(F)cc1. The molecule has 38 heavy (non-hydrogen) atoms. The van der Waals surface area contributed by atoms with Gasteiger partial charge in [-0.05, 0) is 43.7 Å². The van der Waals surface area contributed by atoms with Gasteiger partial charge in [-0.1, -0.05) is 72.0 Å². The topological polar surface area (TPSA) is 69.9 Å². The van der Waals surface area contributed by atoms with Gasteiger partial charge in [0.15, 0.2) is 4.80 Å². The highest BCUT2D eigenvalue weighted by atomic mass is 32.1. The number of rotatable bonds is 7. The maximum absolute atomic E-state index is 13.9. The largest absolute Gasteiger partial charge is 0.493 e. The van der Waals surface area contributed by atoms with Crippen LogP contribution in [0.1, 0.15) is 36.6 Å². The molecule has 6 nitrogen and oxygen atoms in total. The third-order valence-corrected chi connectivity index (χ3v) is 7.05. The normalized spacial score (nSPS) is 15.1. The zero-order valence-electron chi connectivity index (χ0n) is 20.9. The van der Waals surface area contributed by atoms with Crippen LogP contribution in [0.25, 0.3) is 11.8 Å². The number of halogens is 1. The fraction of sp³-hybridized carbons (Fsp3) is 0.167. The van der Waals surface area contributed by atoms with Gasteiger partial charge in [0.2, 0.25) is 0 Å². The minimum Gasteiger partial charge on any atom is -0.493 e. The number of hydrogen-bond acceptors (Lipinski definition) is 6. The number of benzene rings is 3. The highest BCUT2D eigenvalue weighted by Gasteiger charge is 2.35. The molecule has 4 aromatic rings. The van der Waals surface area contributed by atoms with Crippen molar-refractivity contribution >= 4 is 29.1 Å². The van der Waals surface area contributed by atoms with Gasteiger partial charge in [0.1, 0.15) is 11.6 Å². The molecule has 1 atom stereocenters. The number of hydrogen-bond donors (Lipinski definition) is 0. The summed E-state index contributed by atoms with van der Waals surface area (Å²) in [6.45, 7) is 4.26. The van der Waals surface area contributed by atoms with Gasteiger partial charge < -0.3 is 9.47 Å². The van der Waals surface area contributed by atoms with Crippen molar-refractivity contribution in [2.75, 3.05) is 13.2 Å². The Labute approximate surface area is 222 Å². The van der Waals surface area contributed by atoms with Crippen LogP contribution in [0.4, 0.5) is 4.39 Å². The molecule has 0 aliphatic carbocycles. The van der Waals surface area contributed by atoms with E-state index in [1.165, 1.54) is 28.0 Å². The van der Waals surface area contributed by atoms with Crippen LogP contribution in [-0.2, 0) is 9.53 Å². The number of esters is 1. The van der Waals surface area contributed by atoms with Crippen molar-refractivity contribution < 1.29 is 18.7 Å². The molecule has 0 amide bonds. The number of thiazole rings is 1. The lowest BCUT2D eigenvalue weighted by Crippen LogP contribution is -2.40. The summed E-state index contributed by atoms with van der Waals surface area (Å²) in [6, 6.07) is 21.7. The predicted octanol–water partition coefficient (Wildman–Crippen LogP) is 4.47. The zero-order chi connectivity index (χ0) is 26.6. The van der Waals surface area contributed by atoms with E-state index in [0.29, 0.717) is 38.5 Å². The van der Waals surface area contributed by atoms with Crippen molar-refractivity contribution in [1.29, 1.82) is 0 Å². The predicted molar refractivity (Wildman–Crippen MR) is 145 cm³/mol. The summed E-state index contributed by atoms with van der Waals surface area (Å²) in [5, 5.41) is 0. The van der Waals surface area contributed by atoms with Gasteiger partial charge >= 0.3 is 5.97 Å². The van der Waals surface area contributed by atoms with Crippen LogP contribution < -0.4 is 19.6 Å². The van der Waals surface area contributed by atoms with E-state index < -0.39 is 17.8 Å². The lowest BCUT2D eigenvalue weighted by molar-refractivity contribution is -0.138. The van der Waals surface area contributed by atoms with Gasteiger partial charge in [-0.3, -0.25) is 9.36 Å². The first kappa shape index (κ1) is 25.4. The van der Waals surface area contributed by atoms with Gasteiger partial charge in [0.05, 0.1) is 35.1 Å². The van der Waals surface area contributed by atoms with Crippen molar-refractivity contribution in [2.45, 2.75) is 19.9 Å². The minimum atomic E-state index is -0.856. The standard InChI is InChI=1S/C30H25FN2O4S/c1-3-36-23-13-9-8-12-21(23)18-24-28(34)33-27(20-14-16-22(31)17-15-20)25(29(35)37-4-2)26(32-30(33)38-24)19-10-6-5-7-11-19/h5-18,27H,3-4H2,1-2H3/b24-18-/t27-/m0/s1. The van der Waals surface area contributed by atoms with E-state index in [-0.39, 0.29) is 17.7 Å². The summed E-state index contributed by atoms with van der Waals surface area (Å²) in [5.41, 5.74) is 2.36. The zero-order valence-corrected chi connectivity index (χ0v) is 21.7. The summed E-state index contributed by atoms with van der Waals surface area (Å²) in [6.07, 6.45) is 1.77. The summed E-state index contributed by atoms with van der Waals surface area (Å²) in [4.78, 5) is 32.6. The molecule has 1 aliphatic rings. The molecule has 0 saturated carbocycles. The van der Waals surface area contributed by atoms with Crippen molar-refractivity contribution in [1.82, 2.24) is 4.57 Å². The fourth-order valence-corrected chi connectivity index (χ4v) is 5.42. The first-order valence-corrected chi connectivity index (χ1v) is 13.1. The molecule has 0 unspecified atom stereocenters. The summed E-state index contributed by atoms with van der Waals surface area (Å²) < 4.78 is 27.0. The second-order valence-corrected chi connectivity index (χ2v) is 9.46. The van der Waals surface area contributed by atoms with Crippen molar-refractivity contribution in [2.24, 2.45) is 4.99 Å². The molecule has 1 aliphatic heterocycles. The smallest absolute Gasteiger partial charge is 0.338 e. The Morgan fingerprint density at radius 3 is 2.42 bits per heavy atom. The quantitative estimate of drug-likeness (QED) is 0.332. The number of para-hydroxylation sites is 1. The average molecular weight is 529 g/mol. The molecule has 0 saturated heterocycles. The van der Waals surface area contributed by atoms with E-state index in [1.807, 2.05) is 61.5 Å². The van der Waals surface area contributed by atoms with Crippen LogP contribution in [0, 0.1) is 5.82 Å². The van der Waals surface area contributed by atoms with Crippen LogP contribution in [0.5, 0.6) is 5.75 Å². The van der Waals surface area contributed by atoms with Crippen LogP contribution in [0.2, 0.25) is 0 Å². The third-order valence-electron chi connectivity index (χ3n) is 6.06. The van der Waals surface area contributed by atoms with E-state index in [4.69, 9.17) is 14.5 Å². The molecule has 0 N–H and O–H groups in total. The lowest BCUT2D eigenvalue weighted by Gasteiger charge is -2.25. The summed E-state index contributed by atoms with van der Waals surface area (Å²) in [7, 11) is 0.